The molecule has 0 amide bonds. The summed E-state index contributed by atoms with van der Waals surface area (Å²) in [6.45, 7) is 1.99. The lowest BCUT2D eigenvalue weighted by Crippen LogP contribution is -1.80. The van der Waals surface area contributed by atoms with E-state index < -0.39 is 0 Å². The van der Waals surface area contributed by atoms with Crippen molar-refractivity contribution in [2.45, 2.75) is 6.92 Å². The van der Waals surface area contributed by atoms with Gasteiger partial charge in [0, 0.05) is 17.1 Å². The topological polar surface area (TPSA) is 48.4 Å². The summed E-state index contributed by atoms with van der Waals surface area (Å²) in [4.78, 5) is 7.16. The normalized spacial score (nSPS) is 11.5. The third-order valence-electron chi connectivity index (χ3n) is 3.14. The van der Waals surface area contributed by atoms with Crippen molar-refractivity contribution in [1.29, 1.82) is 0 Å². The van der Waals surface area contributed by atoms with Gasteiger partial charge in [0.05, 0.1) is 11.3 Å². The summed E-state index contributed by atoms with van der Waals surface area (Å²) in [5.41, 5.74) is 3.22. The van der Waals surface area contributed by atoms with E-state index in [4.69, 9.17) is 0 Å². The summed E-state index contributed by atoms with van der Waals surface area (Å²) in [6.07, 6.45) is 1.58. The molecule has 0 fully saturated rings. The molecule has 0 radical (unpaired) electrons. The third-order valence-corrected chi connectivity index (χ3v) is 3.14. The van der Waals surface area contributed by atoms with E-state index in [1.165, 1.54) is 12.1 Å². The second-order valence-electron chi connectivity index (χ2n) is 4.67. The summed E-state index contributed by atoms with van der Waals surface area (Å²) >= 11 is 0. The van der Waals surface area contributed by atoms with Crippen LogP contribution >= 0.6 is 0 Å². The molecule has 0 spiro atoms. The predicted molar refractivity (Wildman–Crippen MR) is 78.4 cm³/mol. The molecule has 1 heterocycles. The van der Waals surface area contributed by atoms with Gasteiger partial charge in [-0.05, 0) is 43.3 Å². The van der Waals surface area contributed by atoms with E-state index in [9.17, 15) is 9.50 Å². The van der Waals surface area contributed by atoms with Crippen LogP contribution in [0.4, 0.5) is 10.1 Å². The molecule has 1 aromatic heterocycles. The molecule has 0 aliphatic heterocycles. The minimum atomic E-state index is -0.297. The lowest BCUT2D eigenvalue weighted by Gasteiger charge is -1.96. The molecular formula is C16H13FN2O. The van der Waals surface area contributed by atoms with E-state index in [1.54, 1.807) is 18.3 Å². The van der Waals surface area contributed by atoms with Crippen LogP contribution in [0.1, 0.15) is 11.1 Å². The van der Waals surface area contributed by atoms with Gasteiger partial charge in [-0.1, -0.05) is 11.6 Å². The van der Waals surface area contributed by atoms with Crippen LogP contribution in [0.25, 0.3) is 10.9 Å². The zero-order chi connectivity index (χ0) is 14.1. The third kappa shape index (κ3) is 2.28. The standard InChI is InChI=1S/C16H13FN2O/c1-10-2-7-15-13(8-10)14(16(20)19-15)9-18-12-5-3-11(17)4-6-12/h2-9,19-20H,1H3. The number of fused-ring (bicyclic) bond motifs is 1. The number of halogens is 1. The molecule has 20 heavy (non-hydrogen) atoms. The number of benzene rings is 2. The van der Waals surface area contributed by atoms with Crippen LogP contribution in [-0.4, -0.2) is 16.3 Å². The molecule has 3 nitrogen and oxygen atoms in total. The highest BCUT2D eigenvalue weighted by molar-refractivity contribution is 6.02. The first kappa shape index (κ1) is 12.4. The van der Waals surface area contributed by atoms with Crippen molar-refractivity contribution in [3.63, 3.8) is 0 Å². The molecule has 2 aromatic carbocycles. The number of aromatic nitrogens is 1. The number of hydrogen-bond acceptors (Lipinski definition) is 2. The van der Waals surface area contributed by atoms with Crippen LogP contribution in [0.5, 0.6) is 5.88 Å². The van der Waals surface area contributed by atoms with E-state index in [2.05, 4.69) is 9.98 Å². The highest BCUT2D eigenvalue weighted by atomic mass is 19.1. The average Bonchev–Trinajstić information content (AvgIpc) is 2.73. The van der Waals surface area contributed by atoms with Gasteiger partial charge in [-0.3, -0.25) is 4.99 Å². The maximum absolute atomic E-state index is 12.8. The molecule has 0 unspecified atom stereocenters. The lowest BCUT2D eigenvalue weighted by atomic mass is 10.1. The molecule has 0 bridgehead atoms. The van der Waals surface area contributed by atoms with Gasteiger partial charge in [0.15, 0.2) is 5.88 Å². The second kappa shape index (κ2) is 4.81. The lowest BCUT2D eigenvalue weighted by molar-refractivity contribution is 0.457. The first-order valence-corrected chi connectivity index (χ1v) is 6.24. The fourth-order valence-corrected chi connectivity index (χ4v) is 2.11. The minimum absolute atomic E-state index is 0.0801. The van der Waals surface area contributed by atoms with Crippen molar-refractivity contribution < 1.29 is 9.50 Å². The summed E-state index contributed by atoms with van der Waals surface area (Å²) in [7, 11) is 0. The number of aryl methyl sites for hydroxylation is 1. The second-order valence-corrected chi connectivity index (χ2v) is 4.67. The number of hydrogen-bond donors (Lipinski definition) is 2. The maximum Gasteiger partial charge on any atom is 0.198 e. The van der Waals surface area contributed by atoms with E-state index in [0.717, 1.165) is 16.5 Å². The van der Waals surface area contributed by atoms with E-state index in [1.807, 2.05) is 25.1 Å². The fourth-order valence-electron chi connectivity index (χ4n) is 2.11. The van der Waals surface area contributed by atoms with Crippen molar-refractivity contribution in [2.24, 2.45) is 4.99 Å². The maximum atomic E-state index is 12.8. The van der Waals surface area contributed by atoms with Crippen LogP contribution in [0.2, 0.25) is 0 Å². The molecular weight excluding hydrogens is 255 g/mol. The number of H-pyrrole nitrogens is 1. The summed E-state index contributed by atoms with van der Waals surface area (Å²) in [5, 5.41) is 10.9. The largest absolute Gasteiger partial charge is 0.494 e. The van der Waals surface area contributed by atoms with Gasteiger partial charge in [-0.15, -0.1) is 0 Å². The Morgan fingerprint density at radius 1 is 1.15 bits per heavy atom. The van der Waals surface area contributed by atoms with E-state index >= 15 is 0 Å². The zero-order valence-electron chi connectivity index (χ0n) is 10.9. The van der Waals surface area contributed by atoms with E-state index in [0.29, 0.717) is 11.3 Å². The first-order chi connectivity index (χ1) is 9.63. The van der Waals surface area contributed by atoms with Gasteiger partial charge in [-0.25, -0.2) is 4.39 Å². The van der Waals surface area contributed by atoms with Gasteiger partial charge in [0.2, 0.25) is 0 Å². The Kier molecular flexibility index (Phi) is 2.99. The molecule has 0 aliphatic rings. The fraction of sp³-hybridized carbons (Fsp3) is 0.0625. The van der Waals surface area contributed by atoms with Gasteiger partial charge in [0.25, 0.3) is 0 Å². The van der Waals surface area contributed by atoms with Crippen molar-refractivity contribution in [3.8, 4) is 5.88 Å². The molecule has 3 aromatic rings. The summed E-state index contributed by atoms with van der Waals surface area (Å²) in [6, 6.07) is 11.8. The van der Waals surface area contributed by atoms with Crippen molar-refractivity contribution >= 4 is 22.8 Å². The van der Waals surface area contributed by atoms with Gasteiger partial charge in [-0.2, -0.15) is 0 Å². The number of rotatable bonds is 2. The van der Waals surface area contributed by atoms with Crippen LogP contribution in [0, 0.1) is 12.7 Å². The SMILES string of the molecule is Cc1ccc2[nH]c(O)c(C=Nc3ccc(F)cc3)c2c1. The van der Waals surface area contributed by atoms with Crippen LogP contribution in [0.3, 0.4) is 0 Å². The average molecular weight is 268 g/mol. The van der Waals surface area contributed by atoms with Crippen LogP contribution in [-0.2, 0) is 0 Å². The first-order valence-electron chi connectivity index (χ1n) is 6.24. The molecule has 4 heteroatoms. The van der Waals surface area contributed by atoms with Crippen LogP contribution < -0.4 is 0 Å². The molecule has 0 saturated heterocycles. The monoisotopic (exact) mass is 268 g/mol. The Balaban J connectivity index is 2.03. The Morgan fingerprint density at radius 3 is 2.65 bits per heavy atom. The molecule has 2 N–H and O–H groups in total. The van der Waals surface area contributed by atoms with Crippen molar-refractivity contribution in [1.82, 2.24) is 4.98 Å². The molecule has 0 atom stereocenters. The number of nitrogens with one attached hydrogen (secondary N) is 1. The van der Waals surface area contributed by atoms with Crippen molar-refractivity contribution in [3.05, 3.63) is 59.4 Å². The number of nitrogens with zero attached hydrogens (tertiary/aromatic N) is 1. The van der Waals surface area contributed by atoms with Gasteiger partial charge in [0.1, 0.15) is 5.82 Å². The Labute approximate surface area is 115 Å². The zero-order valence-corrected chi connectivity index (χ0v) is 10.9. The minimum Gasteiger partial charge on any atom is -0.494 e. The van der Waals surface area contributed by atoms with Gasteiger partial charge < -0.3 is 10.1 Å². The highest BCUT2D eigenvalue weighted by Gasteiger charge is 2.08. The quantitative estimate of drug-likeness (QED) is 0.676. The number of aromatic amines is 1. The van der Waals surface area contributed by atoms with Crippen LogP contribution in [0.15, 0.2) is 47.5 Å². The Hall–Kier alpha value is -2.62. The molecule has 0 saturated carbocycles. The van der Waals surface area contributed by atoms with Gasteiger partial charge >= 0.3 is 0 Å². The smallest absolute Gasteiger partial charge is 0.198 e. The molecule has 100 valence electrons. The Bertz CT molecular complexity index is 788. The summed E-state index contributed by atoms with van der Waals surface area (Å²) < 4.78 is 12.8. The summed E-state index contributed by atoms with van der Waals surface area (Å²) in [5.74, 6) is -0.217. The molecule has 0 aliphatic carbocycles. The number of aromatic hydroxyl groups is 1. The molecule has 3 rings (SSSR count). The highest BCUT2D eigenvalue weighted by Crippen LogP contribution is 2.27. The Morgan fingerprint density at radius 2 is 1.90 bits per heavy atom. The predicted octanol–water partition coefficient (Wildman–Crippen LogP) is 4.07. The number of aliphatic imine (C=N–C) groups is 1. The van der Waals surface area contributed by atoms with E-state index in [-0.39, 0.29) is 11.7 Å². The van der Waals surface area contributed by atoms with Crippen molar-refractivity contribution in [2.75, 3.05) is 0 Å².